The Kier molecular flexibility index (Phi) is 7.83. The van der Waals surface area contributed by atoms with E-state index in [9.17, 15) is 0 Å². The minimum Gasteiger partial charge on any atom is -0.383 e. The minimum atomic E-state index is 0.690. The average Bonchev–Trinajstić information content (AvgIpc) is 2.62. The zero-order valence-corrected chi connectivity index (χ0v) is 14.3. The van der Waals surface area contributed by atoms with Gasteiger partial charge in [0.25, 0.3) is 0 Å². The molecular weight excluding hydrogens is 290 g/mol. The van der Waals surface area contributed by atoms with E-state index in [4.69, 9.17) is 4.74 Å². The van der Waals surface area contributed by atoms with E-state index in [1.807, 2.05) is 24.4 Å². The second-order valence-corrected chi connectivity index (χ2v) is 5.91. The summed E-state index contributed by atoms with van der Waals surface area (Å²) in [6.07, 6.45) is 4.27. The first kappa shape index (κ1) is 17.7. The van der Waals surface area contributed by atoms with Crippen molar-refractivity contribution in [3.63, 3.8) is 0 Å². The molecule has 1 aliphatic rings. The summed E-state index contributed by atoms with van der Waals surface area (Å²) in [4.78, 5) is 11.1. The van der Waals surface area contributed by atoms with E-state index in [1.165, 1.54) is 12.8 Å². The van der Waals surface area contributed by atoms with E-state index >= 15 is 0 Å². The van der Waals surface area contributed by atoms with Crippen molar-refractivity contribution >= 4 is 5.96 Å². The molecule has 0 atom stereocenters. The maximum absolute atomic E-state index is 5.15. The normalized spacial score (nSPS) is 17.2. The Hall–Kier alpha value is -1.66. The number of nitrogens with zero attached hydrogens (tertiary/aromatic N) is 3. The Morgan fingerprint density at radius 1 is 1.35 bits per heavy atom. The second-order valence-electron chi connectivity index (χ2n) is 5.91. The third kappa shape index (κ3) is 6.54. The Labute approximate surface area is 139 Å². The Morgan fingerprint density at radius 3 is 2.83 bits per heavy atom. The number of aromatic nitrogens is 1. The first-order chi connectivity index (χ1) is 11.3. The number of methoxy groups -OCH3 is 1. The van der Waals surface area contributed by atoms with Crippen LogP contribution in [-0.2, 0) is 11.3 Å². The maximum atomic E-state index is 5.15. The number of guanidine groups is 1. The molecule has 1 aromatic rings. The number of hydrogen-bond donors (Lipinski definition) is 2. The van der Waals surface area contributed by atoms with E-state index in [2.05, 4.69) is 25.5 Å². The van der Waals surface area contributed by atoms with Gasteiger partial charge in [-0.3, -0.25) is 9.98 Å². The zero-order chi connectivity index (χ0) is 16.3. The van der Waals surface area contributed by atoms with Gasteiger partial charge in [0.15, 0.2) is 5.96 Å². The number of piperidine rings is 1. The molecule has 0 saturated carbocycles. The molecule has 0 unspecified atom stereocenters. The molecule has 1 aromatic heterocycles. The molecule has 2 heterocycles. The smallest absolute Gasteiger partial charge is 0.191 e. The summed E-state index contributed by atoms with van der Waals surface area (Å²) in [7, 11) is 3.57. The summed E-state index contributed by atoms with van der Waals surface area (Å²) in [5.41, 5.74) is 1.02. The predicted octanol–water partition coefficient (Wildman–Crippen LogP) is 1.11. The fourth-order valence-corrected chi connectivity index (χ4v) is 2.77. The fourth-order valence-electron chi connectivity index (χ4n) is 2.77. The lowest BCUT2D eigenvalue weighted by molar-refractivity contribution is 0.121. The molecule has 0 spiro atoms. The SMILES string of the molecule is CN=C(NCc1ccccn1)NCC1CCN(CCOC)CC1. The highest BCUT2D eigenvalue weighted by atomic mass is 16.5. The van der Waals surface area contributed by atoms with Crippen LogP contribution in [-0.4, -0.2) is 62.8 Å². The van der Waals surface area contributed by atoms with Crippen molar-refractivity contribution in [2.45, 2.75) is 19.4 Å². The molecule has 2 N–H and O–H groups in total. The number of nitrogens with one attached hydrogen (secondary N) is 2. The summed E-state index contributed by atoms with van der Waals surface area (Å²) < 4.78 is 5.15. The van der Waals surface area contributed by atoms with Gasteiger partial charge in [-0.25, -0.2) is 0 Å². The monoisotopic (exact) mass is 319 g/mol. The summed E-state index contributed by atoms with van der Waals surface area (Å²) in [5, 5.41) is 6.75. The van der Waals surface area contributed by atoms with Crippen LogP contribution in [0.25, 0.3) is 0 Å². The number of likely N-dealkylation sites (tertiary alicyclic amines) is 1. The van der Waals surface area contributed by atoms with Gasteiger partial charge in [0, 0.05) is 33.4 Å². The molecule has 1 aliphatic heterocycles. The van der Waals surface area contributed by atoms with E-state index in [-0.39, 0.29) is 0 Å². The van der Waals surface area contributed by atoms with Crippen LogP contribution in [0, 0.1) is 5.92 Å². The number of rotatable bonds is 7. The van der Waals surface area contributed by atoms with Crippen molar-refractivity contribution in [1.82, 2.24) is 20.5 Å². The van der Waals surface area contributed by atoms with Crippen LogP contribution in [0.4, 0.5) is 0 Å². The second kappa shape index (κ2) is 10.2. The molecule has 0 aromatic carbocycles. The van der Waals surface area contributed by atoms with Gasteiger partial charge in [0.2, 0.25) is 0 Å². The van der Waals surface area contributed by atoms with Crippen molar-refractivity contribution < 1.29 is 4.74 Å². The molecule has 0 amide bonds. The van der Waals surface area contributed by atoms with Crippen LogP contribution >= 0.6 is 0 Å². The molecule has 0 aliphatic carbocycles. The molecule has 128 valence electrons. The van der Waals surface area contributed by atoms with E-state index in [1.54, 1.807) is 14.2 Å². The molecule has 0 bridgehead atoms. The summed E-state index contributed by atoms with van der Waals surface area (Å²) >= 11 is 0. The van der Waals surface area contributed by atoms with Crippen molar-refractivity contribution in [2.24, 2.45) is 10.9 Å². The highest BCUT2D eigenvalue weighted by Crippen LogP contribution is 2.15. The Balaban J connectivity index is 1.64. The quantitative estimate of drug-likeness (QED) is 0.582. The van der Waals surface area contributed by atoms with E-state index in [0.29, 0.717) is 12.5 Å². The lowest BCUT2D eigenvalue weighted by Gasteiger charge is -2.32. The van der Waals surface area contributed by atoms with Crippen LogP contribution in [0.5, 0.6) is 0 Å². The van der Waals surface area contributed by atoms with Crippen molar-refractivity contribution in [2.75, 3.05) is 46.9 Å². The number of pyridine rings is 1. The minimum absolute atomic E-state index is 0.690. The third-order valence-electron chi connectivity index (χ3n) is 4.26. The van der Waals surface area contributed by atoms with Gasteiger partial charge >= 0.3 is 0 Å². The molecule has 0 radical (unpaired) electrons. The van der Waals surface area contributed by atoms with Gasteiger partial charge in [-0.1, -0.05) is 6.07 Å². The number of hydrogen-bond acceptors (Lipinski definition) is 4. The largest absolute Gasteiger partial charge is 0.383 e. The highest BCUT2D eigenvalue weighted by Gasteiger charge is 2.18. The molecule has 2 rings (SSSR count). The van der Waals surface area contributed by atoms with Crippen molar-refractivity contribution in [3.05, 3.63) is 30.1 Å². The van der Waals surface area contributed by atoms with Gasteiger partial charge in [-0.2, -0.15) is 0 Å². The predicted molar refractivity (Wildman–Crippen MR) is 93.5 cm³/mol. The zero-order valence-electron chi connectivity index (χ0n) is 14.3. The molecule has 6 heteroatoms. The lowest BCUT2D eigenvalue weighted by atomic mass is 9.97. The van der Waals surface area contributed by atoms with Crippen molar-refractivity contribution in [3.8, 4) is 0 Å². The Morgan fingerprint density at radius 2 is 2.17 bits per heavy atom. The van der Waals surface area contributed by atoms with E-state index < -0.39 is 0 Å². The summed E-state index contributed by atoms with van der Waals surface area (Å²) in [6.45, 7) is 5.86. The highest BCUT2D eigenvalue weighted by molar-refractivity contribution is 5.79. The standard InChI is InChI=1S/C17H29N5O/c1-18-17(21-14-16-5-3-4-8-19-16)20-13-15-6-9-22(10-7-15)11-12-23-2/h3-5,8,15H,6-7,9-14H2,1-2H3,(H2,18,20,21). The first-order valence-corrected chi connectivity index (χ1v) is 8.37. The summed E-state index contributed by atoms with van der Waals surface area (Å²) in [6, 6.07) is 5.93. The van der Waals surface area contributed by atoms with Gasteiger partial charge in [0.05, 0.1) is 18.8 Å². The number of ether oxygens (including phenoxy) is 1. The van der Waals surface area contributed by atoms with Gasteiger partial charge in [-0.15, -0.1) is 0 Å². The molecular formula is C17H29N5O. The average molecular weight is 319 g/mol. The molecule has 1 saturated heterocycles. The van der Waals surface area contributed by atoms with E-state index in [0.717, 1.165) is 44.4 Å². The maximum Gasteiger partial charge on any atom is 0.191 e. The summed E-state index contributed by atoms with van der Waals surface area (Å²) in [5.74, 6) is 1.56. The first-order valence-electron chi connectivity index (χ1n) is 8.37. The van der Waals surface area contributed by atoms with Gasteiger partial charge in [0.1, 0.15) is 0 Å². The molecule has 23 heavy (non-hydrogen) atoms. The van der Waals surface area contributed by atoms with Gasteiger partial charge in [-0.05, 0) is 44.0 Å². The van der Waals surface area contributed by atoms with Crippen LogP contribution in [0.15, 0.2) is 29.4 Å². The van der Waals surface area contributed by atoms with Crippen LogP contribution < -0.4 is 10.6 Å². The number of aliphatic imine (C=N–C) groups is 1. The van der Waals surface area contributed by atoms with Crippen molar-refractivity contribution in [1.29, 1.82) is 0 Å². The molecule has 6 nitrogen and oxygen atoms in total. The van der Waals surface area contributed by atoms with Crippen LogP contribution in [0.3, 0.4) is 0 Å². The fraction of sp³-hybridized carbons (Fsp3) is 0.647. The van der Waals surface area contributed by atoms with Crippen LogP contribution in [0.2, 0.25) is 0 Å². The third-order valence-corrected chi connectivity index (χ3v) is 4.26. The van der Waals surface area contributed by atoms with Crippen LogP contribution in [0.1, 0.15) is 18.5 Å². The Bertz CT molecular complexity index is 457. The lowest BCUT2D eigenvalue weighted by Crippen LogP contribution is -2.43. The topological polar surface area (TPSA) is 61.8 Å². The molecule has 1 fully saturated rings. The van der Waals surface area contributed by atoms with Gasteiger partial charge < -0.3 is 20.3 Å².